The molecule has 0 aliphatic heterocycles. The average molecular weight is 447 g/mol. The quantitative estimate of drug-likeness (QED) is 0.446. The first-order valence-corrected chi connectivity index (χ1v) is 10.4. The van der Waals surface area contributed by atoms with E-state index < -0.39 is 0 Å². The molecule has 2 aromatic carbocycles. The summed E-state index contributed by atoms with van der Waals surface area (Å²) in [6.07, 6.45) is 0. The van der Waals surface area contributed by atoms with Crippen molar-refractivity contribution in [2.24, 2.45) is 0 Å². The van der Waals surface area contributed by atoms with Crippen LogP contribution in [-0.4, -0.2) is 34.1 Å². The predicted octanol–water partition coefficient (Wildman–Crippen LogP) is 5.39. The second-order valence-electron chi connectivity index (χ2n) is 6.71. The van der Waals surface area contributed by atoms with Crippen LogP contribution in [0, 0.1) is 0 Å². The van der Waals surface area contributed by atoms with Gasteiger partial charge in [-0.1, -0.05) is 41.4 Å². The highest BCUT2D eigenvalue weighted by molar-refractivity contribution is 9.10. The summed E-state index contributed by atoms with van der Waals surface area (Å²) in [7, 11) is 0. The van der Waals surface area contributed by atoms with E-state index in [0.717, 1.165) is 51.3 Å². The summed E-state index contributed by atoms with van der Waals surface area (Å²) >= 11 is 9.86. The van der Waals surface area contributed by atoms with Crippen LogP contribution in [0.2, 0.25) is 5.02 Å². The highest BCUT2D eigenvalue weighted by atomic mass is 79.9. The number of hydrogen-bond donors (Lipinski definition) is 1. The molecule has 4 nitrogen and oxygen atoms in total. The molecular weight excluding hydrogens is 426 g/mol. The lowest BCUT2D eigenvalue weighted by Gasteiger charge is -2.19. The van der Waals surface area contributed by atoms with Crippen LogP contribution in [0.4, 0.5) is 0 Å². The molecule has 0 saturated carbocycles. The lowest BCUT2D eigenvalue weighted by Crippen LogP contribution is -2.31. The van der Waals surface area contributed by atoms with Gasteiger partial charge in [0.15, 0.2) is 0 Å². The highest BCUT2D eigenvalue weighted by Gasteiger charge is 2.16. The third kappa shape index (κ3) is 3.18. The van der Waals surface area contributed by atoms with Crippen LogP contribution in [0.15, 0.2) is 45.7 Å². The molecule has 0 atom stereocenters. The molecule has 0 saturated heterocycles. The van der Waals surface area contributed by atoms with Crippen LogP contribution in [0.3, 0.4) is 0 Å². The van der Waals surface area contributed by atoms with Crippen molar-refractivity contribution in [3.63, 3.8) is 0 Å². The van der Waals surface area contributed by atoms with Gasteiger partial charge in [-0.2, -0.15) is 0 Å². The summed E-state index contributed by atoms with van der Waals surface area (Å²) in [5.41, 5.74) is 2.52. The van der Waals surface area contributed by atoms with Crippen molar-refractivity contribution in [2.75, 3.05) is 19.6 Å². The summed E-state index contributed by atoms with van der Waals surface area (Å²) in [4.78, 5) is 19.0. The SMILES string of the molecule is CCN(CC)CCn1c(=O)c2[nH]c3ccc(Br)cc3c2c2cc(Cl)ccc21. The molecule has 0 amide bonds. The van der Waals surface area contributed by atoms with Crippen LogP contribution in [-0.2, 0) is 6.54 Å². The largest absolute Gasteiger partial charge is 0.350 e. The number of pyridine rings is 1. The Kier molecular flexibility index (Phi) is 5.01. The first-order chi connectivity index (χ1) is 13.0. The smallest absolute Gasteiger partial charge is 0.275 e. The molecule has 0 fully saturated rings. The fraction of sp³-hybridized carbons (Fsp3) is 0.286. The summed E-state index contributed by atoms with van der Waals surface area (Å²) in [6.45, 7) is 7.71. The number of likely N-dealkylation sites (N-methyl/N-ethyl adjacent to an activating group) is 1. The number of benzene rings is 2. The highest BCUT2D eigenvalue weighted by Crippen LogP contribution is 2.33. The zero-order valence-electron chi connectivity index (χ0n) is 15.4. The zero-order valence-corrected chi connectivity index (χ0v) is 17.7. The predicted molar refractivity (Wildman–Crippen MR) is 118 cm³/mol. The molecule has 1 N–H and O–H groups in total. The third-order valence-electron chi connectivity index (χ3n) is 5.27. The molecule has 0 aliphatic rings. The zero-order chi connectivity index (χ0) is 19.1. The fourth-order valence-electron chi connectivity index (χ4n) is 3.80. The summed E-state index contributed by atoms with van der Waals surface area (Å²) in [5.74, 6) is 0. The lowest BCUT2D eigenvalue weighted by molar-refractivity contribution is 0.291. The maximum Gasteiger partial charge on any atom is 0.275 e. The molecule has 2 heterocycles. The van der Waals surface area contributed by atoms with E-state index in [9.17, 15) is 4.79 Å². The van der Waals surface area contributed by atoms with Gasteiger partial charge in [-0.15, -0.1) is 0 Å². The maximum atomic E-state index is 13.3. The minimum Gasteiger partial charge on any atom is -0.350 e. The summed E-state index contributed by atoms with van der Waals surface area (Å²) in [6, 6.07) is 11.8. The van der Waals surface area contributed by atoms with Crippen LogP contribution in [0.5, 0.6) is 0 Å². The van der Waals surface area contributed by atoms with Gasteiger partial charge in [0.25, 0.3) is 5.56 Å². The van der Waals surface area contributed by atoms with Gasteiger partial charge in [0.2, 0.25) is 0 Å². The molecule has 0 unspecified atom stereocenters. The number of halogens is 2. The Morgan fingerprint density at radius 2 is 1.89 bits per heavy atom. The van der Waals surface area contributed by atoms with Crippen molar-refractivity contribution in [2.45, 2.75) is 20.4 Å². The Balaban J connectivity index is 2.05. The molecule has 2 aromatic heterocycles. The molecule has 0 bridgehead atoms. The molecule has 4 rings (SSSR count). The average Bonchev–Trinajstić information content (AvgIpc) is 3.04. The van der Waals surface area contributed by atoms with Crippen LogP contribution < -0.4 is 5.56 Å². The molecule has 4 aromatic rings. The Labute approximate surface area is 170 Å². The first-order valence-electron chi connectivity index (χ1n) is 9.18. The molecule has 0 spiro atoms. The number of aromatic nitrogens is 2. The third-order valence-corrected chi connectivity index (χ3v) is 6.00. The molecular formula is C21H21BrClN3O. The Hall–Kier alpha value is -1.82. The number of rotatable bonds is 5. The first kappa shape index (κ1) is 18.5. The van der Waals surface area contributed by atoms with Crippen molar-refractivity contribution in [1.29, 1.82) is 0 Å². The number of nitrogens with one attached hydrogen (secondary N) is 1. The number of H-pyrrole nitrogens is 1. The molecule has 140 valence electrons. The van der Waals surface area contributed by atoms with Crippen LogP contribution >= 0.6 is 27.5 Å². The summed E-state index contributed by atoms with van der Waals surface area (Å²) < 4.78 is 2.85. The van der Waals surface area contributed by atoms with Crippen molar-refractivity contribution in [1.82, 2.24) is 14.5 Å². The number of aromatic amines is 1. The van der Waals surface area contributed by atoms with Gasteiger partial charge >= 0.3 is 0 Å². The Bertz CT molecular complexity index is 1210. The van der Waals surface area contributed by atoms with Crippen molar-refractivity contribution in [3.8, 4) is 0 Å². The minimum atomic E-state index is 0.0132. The van der Waals surface area contributed by atoms with Gasteiger partial charge in [-0.25, -0.2) is 0 Å². The van der Waals surface area contributed by atoms with Crippen molar-refractivity contribution in [3.05, 3.63) is 56.2 Å². The van der Waals surface area contributed by atoms with Crippen LogP contribution in [0.1, 0.15) is 13.8 Å². The lowest BCUT2D eigenvalue weighted by atomic mass is 10.1. The van der Waals surface area contributed by atoms with Gasteiger partial charge in [-0.3, -0.25) is 4.79 Å². The molecule has 0 aliphatic carbocycles. The van der Waals surface area contributed by atoms with Crippen molar-refractivity contribution < 1.29 is 0 Å². The standard InChI is InChI=1S/C21H21BrClN3O/c1-3-25(4-2)9-10-26-18-8-6-14(23)12-16(18)19-15-11-13(22)5-7-17(15)24-20(19)21(26)27/h5-8,11-12,24H,3-4,9-10H2,1-2H3. The Morgan fingerprint density at radius 1 is 1.11 bits per heavy atom. The van der Waals surface area contributed by atoms with E-state index in [0.29, 0.717) is 17.1 Å². The Morgan fingerprint density at radius 3 is 2.63 bits per heavy atom. The van der Waals surface area contributed by atoms with E-state index in [1.165, 1.54) is 0 Å². The van der Waals surface area contributed by atoms with E-state index in [2.05, 4.69) is 39.7 Å². The second-order valence-corrected chi connectivity index (χ2v) is 8.06. The van der Waals surface area contributed by atoms with Gasteiger partial charge < -0.3 is 14.5 Å². The van der Waals surface area contributed by atoms with Crippen molar-refractivity contribution >= 4 is 60.2 Å². The van der Waals surface area contributed by atoms with E-state index >= 15 is 0 Å². The van der Waals surface area contributed by atoms with Gasteiger partial charge in [0, 0.05) is 44.3 Å². The fourth-order valence-corrected chi connectivity index (χ4v) is 4.33. The van der Waals surface area contributed by atoms with Gasteiger partial charge in [-0.05, 0) is 49.5 Å². The number of fused-ring (bicyclic) bond motifs is 5. The number of hydrogen-bond acceptors (Lipinski definition) is 2. The van der Waals surface area contributed by atoms with E-state index in [1.807, 2.05) is 41.0 Å². The monoisotopic (exact) mass is 445 g/mol. The second kappa shape index (κ2) is 7.30. The van der Waals surface area contributed by atoms with E-state index in [4.69, 9.17) is 11.6 Å². The van der Waals surface area contributed by atoms with Gasteiger partial charge in [0.05, 0.1) is 5.52 Å². The minimum absolute atomic E-state index is 0.0132. The van der Waals surface area contributed by atoms with E-state index in [-0.39, 0.29) is 5.56 Å². The van der Waals surface area contributed by atoms with Gasteiger partial charge in [0.1, 0.15) is 5.52 Å². The normalized spacial score (nSPS) is 12.0. The maximum absolute atomic E-state index is 13.3. The summed E-state index contributed by atoms with van der Waals surface area (Å²) in [5, 5.41) is 3.63. The molecule has 6 heteroatoms. The van der Waals surface area contributed by atoms with Crippen LogP contribution in [0.25, 0.3) is 32.7 Å². The number of nitrogens with zero attached hydrogens (tertiary/aromatic N) is 2. The van der Waals surface area contributed by atoms with E-state index in [1.54, 1.807) is 0 Å². The molecule has 27 heavy (non-hydrogen) atoms. The topological polar surface area (TPSA) is 41.0 Å². The molecule has 0 radical (unpaired) electrons.